The molecule has 0 saturated heterocycles. The number of H-pyrrole nitrogens is 1. The highest BCUT2D eigenvalue weighted by Gasteiger charge is 2.10. The van der Waals surface area contributed by atoms with Crippen molar-refractivity contribution in [2.24, 2.45) is 0 Å². The van der Waals surface area contributed by atoms with Crippen LogP contribution in [0.5, 0.6) is 0 Å². The van der Waals surface area contributed by atoms with Crippen molar-refractivity contribution in [2.75, 3.05) is 12.2 Å². The van der Waals surface area contributed by atoms with Gasteiger partial charge >= 0.3 is 5.76 Å². The number of rotatable bonds is 4. The summed E-state index contributed by atoms with van der Waals surface area (Å²) in [5.74, 6) is -0.0589. The van der Waals surface area contributed by atoms with Gasteiger partial charge in [0.15, 0.2) is 5.82 Å². The van der Waals surface area contributed by atoms with Gasteiger partial charge < -0.3 is 4.42 Å². The van der Waals surface area contributed by atoms with E-state index in [1.807, 2.05) is 12.1 Å². The number of hydrogen-bond acceptors (Lipinski definition) is 5. The van der Waals surface area contributed by atoms with Gasteiger partial charge in [0.1, 0.15) is 10.9 Å². The van der Waals surface area contributed by atoms with Crippen molar-refractivity contribution in [3.05, 3.63) is 45.3 Å². The highest BCUT2D eigenvalue weighted by atomic mass is 79.9. The Labute approximate surface area is 105 Å². The molecule has 0 bridgehead atoms. The Kier molecular flexibility index (Phi) is 3.60. The lowest BCUT2D eigenvalue weighted by molar-refractivity contribution is 0.160. The third-order valence-corrected chi connectivity index (χ3v) is 2.58. The summed E-state index contributed by atoms with van der Waals surface area (Å²) in [6, 6.07) is 3.74. The van der Waals surface area contributed by atoms with E-state index in [2.05, 4.69) is 30.3 Å². The SMILES string of the molecule is CON(Cc1ccc(Br)nc1)c1coc(=O)[nH]1. The number of nitrogens with one attached hydrogen (secondary N) is 1. The summed E-state index contributed by atoms with van der Waals surface area (Å²) in [4.78, 5) is 22.6. The minimum Gasteiger partial charge on any atom is -0.414 e. The van der Waals surface area contributed by atoms with Crippen LogP contribution in [0.3, 0.4) is 0 Å². The third-order valence-electron chi connectivity index (χ3n) is 2.11. The molecule has 0 radical (unpaired) electrons. The van der Waals surface area contributed by atoms with Gasteiger partial charge in [-0.05, 0) is 27.6 Å². The summed E-state index contributed by atoms with van der Waals surface area (Å²) >= 11 is 3.26. The summed E-state index contributed by atoms with van der Waals surface area (Å²) in [5.41, 5.74) is 0.942. The number of hydroxylamine groups is 1. The van der Waals surface area contributed by atoms with Gasteiger partial charge in [0, 0.05) is 6.20 Å². The highest BCUT2D eigenvalue weighted by molar-refractivity contribution is 9.10. The molecule has 0 amide bonds. The summed E-state index contributed by atoms with van der Waals surface area (Å²) in [7, 11) is 1.51. The first-order chi connectivity index (χ1) is 8.19. The molecular weight excluding hydrogens is 290 g/mol. The van der Waals surface area contributed by atoms with Crippen LogP contribution in [-0.4, -0.2) is 17.1 Å². The maximum Gasteiger partial charge on any atom is 0.417 e. The smallest absolute Gasteiger partial charge is 0.414 e. The van der Waals surface area contributed by atoms with E-state index in [1.165, 1.54) is 18.4 Å². The summed E-state index contributed by atoms with van der Waals surface area (Å²) in [5, 5.41) is 1.50. The zero-order valence-corrected chi connectivity index (χ0v) is 10.6. The standard InChI is InChI=1S/C10H10BrN3O3/c1-16-14(9-6-17-10(15)13-9)5-7-2-3-8(11)12-4-7/h2-4,6H,5H2,1H3,(H,13,15). The Hall–Kier alpha value is -1.60. The molecule has 2 aromatic heterocycles. The van der Waals surface area contributed by atoms with Crippen molar-refractivity contribution in [3.8, 4) is 0 Å². The molecule has 6 nitrogen and oxygen atoms in total. The van der Waals surface area contributed by atoms with E-state index in [9.17, 15) is 4.79 Å². The molecule has 0 aliphatic rings. The molecule has 0 aromatic carbocycles. The Balaban J connectivity index is 2.15. The second-order valence-electron chi connectivity index (χ2n) is 3.24. The lowest BCUT2D eigenvalue weighted by atomic mass is 10.3. The van der Waals surface area contributed by atoms with Gasteiger partial charge in [-0.1, -0.05) is 6.07 Å². The number of aromatic nitrogens is 2. The molecule has 0 unspecified atom stereocenters. The molecule has 7 heteroatoms. The highest BCUT2D eigenvalue weighted by Crippen LogP contribution is 2.14. The molecule has 0 atom stereocenters. The van der Waals surface area contributed by atoms with Gasteiger partial charge in [0.2, 0.25) is 0 Å². The van der Waals surface area contributed by atoms with Crippen LogP contribution in [0.1, 0.15) is 5.56 Å². The van der Waals surface area contributed by atoms with Crippen LogP contribution in [0.4, 0.5) is 5.82 Å². The van der Waals surface area contributed by atoms with Crippen LogP contribution in [-0.2, 0) is 11.4 Å². The quantitative estimate of drug-likeness (QED) is 0.687. The zero-order chi connectivity index (χ0) is 12.3. The predicted octanol–water partition coefficient (Wildman–Crippen LogP) is 1.69. The fourth-order valence-electron chi connectivity index (χ4n) is 1.31. The van der Waals surface area contributed by atoms with Crippen molar-refractivity contribution in [1.29, 1.82) is 0 Å². The van der Waals surface area contributed by atoms with Gasteiger partial charge in [0.25, 0.3) is 0 Å². The molecule has 0 fully saturated rings. The molecule has 0 aliphatic heterocycles. The number of aromatic amines is 1. The molecule has 2 heterocycles. The van der Waals surface area contributed by atoms with Crippen LogP contribution in [0, 0.1) is 0 Å². The minimum absolute atomic E-state index is 0.451. The molecule has 0 saturated carbocycles. The maximum absolute atomic E-state index is 10.9. The normalized spacial score (nSPS) is 10.5. The van der Waals surface area contributed by atoms with Crippen LogP contribution in [0.25, 0.3) is 0 Å². The number of hydrogen-bond donors (Lipinski definition) is 1. The Bertz CT molecular complexity index is 534. The average molecular weight is 300 g/mol. The van der Waals surface area contributed by atoms with Gasteiger partial charge in [-0.15, -0.1) is 0 Å². The fourth-order valence-corrected chi connectivity index (χ4v) is 1.54. The first-order valence-corrected chi connectivity index (χ1v) is 5.58. The molecule has 0 aliphatic carbocycles. The predicted molar refractivity (Wildman–Crippen MR) is 64.5 cm³/mol. The largest absolute Gasteiger partial charge is 0.417 e. The van der Waals surface area contributed by atoms with Gasteiger partial charge in [-0.25, -0.2) is 14.8 Å². The number of pyridine rings is 1. The molecule has 17 heavy (non-hydrogen) atoms. The van der Waals surface area contributed by atoms with Gasteiger partial charge in [-0.2, -0.15) is 0 Å². The topological polar surface area (TPSA) is 71.4 Å². The molecule has 2 rings (SSSR count). The molecule has 1 N–H and O–H groups in total. The van der Waals surface area contributed by atoms with Crippen molar-refractivity contribution in [1.82, 2.24) is 9.97 Å². The van der Waals surface area contributed by atoms with Crippen LogP contribution >= 0.6 is 15.9 Å². The summed E-state index contributed by atoms with van der Waals surface area (Å²) < 4.78 is 5.41. The number of halogens is 1. The van der Waals surface area contributed by atoms with Crippen molar-refractivity contribution >= 4 is 21.7 Å². The van der Waals surface area contributed by atoms with Crippen molar-refractivity contribution in [3.63, 3.8) is 0 Å². The van der Waals surface area contributed by atoms with E-state index in [0.717, 1.165) is 10.2 Å². The first kappa shape index (κ1) is 11.9. The molecule has 2 aromatic rings. The monoisotopic (exact) mass is 299 g/mol. The van der Waals surface area contributed by atoms with E-state index in [1.54, 1.807) is 6.20 Å². The minimum atomic E-state index is -0.518. The summed E-state index contributed by atoms with van der Waals surface area (Å²) in [6.45, 7) is 0.451. The number of anilines is 1. The number of oxazole rings is 1. The van der Waals surface area contributed by atoms with E-state index in [4.69, 9.17) is 4.84 Å². The summed E-state index contributed by atoms with van der Waals surface area (Å²) in [6.07, 6.45) is 3.02. The Morgan fingerprint density at radius 3 is 2.94 bits per heavy atom. The lowest BCUT2D eigenvalue weighted by Crippen LogP contribution is -2.22. The average Bonchev–Trinajstić information content (AvgIpc) is 2.75. The van der Waals surface area contributed by atoms with Crippen LogP contribution in [0.2, 0.25) is 0 Å². The van der Waals surface area contributed by atoms with Crippen LogP contribution in [0.15, 0.2) is 38.4 Å². The Morgan fingerprint density at radius 2 is 2.41 bits per heavy atom. The van der Waals surface area contributed by atoms with Crippen LogP contribution < -0.4 is 10.8 Å². The van der Waals surface area contributed by atoms with Crippen molar-refractivity contribution in [2.45, 2.75) is 6.54 Å². The first-order valence-electron chi connectivity index (χ1n) is 4.79. The zero-order valence-electron chi connectivity index (χ0n) is 9.01. The third kappa shape index (κ3) is 2.95. The van der Waals surface area contributed by atoms with Gasteiger partial charge in [-0.3, -0.25) is 9.82 Å². The maximum atomic E-state index is 10.9. The fraction of sp³-hybridized carbons (Fsp3) is 0.200. The van der Waals surface area contributed by atoms with E-state index in [-0.39, 0.29) is 0 Å². The second-order valence-corrected chi connectivity index (χ2v) is 4.05. The molecule has 0 spiro atoms. The lowest BCUT2D eigenvalue weighted by Gasteiger charge is -2.18. The van der Waals surface area contributed by atoms with Gasteiger partial charge in [0.05, 0.1) is 13.7 Å². The van der Waals surface area contributed by atoms with E-state index in [0.29, 0.717) is 12.4 Å². The van der Waals surface area contributed by atoms with Crippen molar-refractivity contribution < 1.29 is 9.25 Å². The van der Waals surface area contributed by atoms with E-state index >= 15 is 0 Å². The molecule has 90 valence electrons. The molecular formula is C10H10BrN3O3. The Morgan fingerprint density at radius 1 is 1.59 bits per heavy atom. The number of nitrogens with zero attached hydrogens (tertiary/aromatic N) is 2. The second kappa shape index (κ2) is 5.15. The van der Waals surface area contributed by atoms with E-state index < -0.39 is 5.76 Å².